The van der Waals surface area contributed by atoms with Crippen molar-refractivity contribution >= 4 is 62.2 Å². The SMILES string of the molecule is O=C1C(Cl)=CC(=NC(=NS(=O)(=O)c2ccccc2)c2ccccc2)C(Cl)=C1Cl. The number of hydrogen-bond donors (Lipinski definition) is 0. The summed E-state index contributed by atoms with van der Waals surface area (Å²) in [4.78, 5) is 16.0. The van der Waals surface area contributed by atoms with Crippen LogP contribution in [0.1, 0.15) is 5.56 Å². The Bertz CT molecular complexity index is 1150. The molecule has 2 aromatic carbocycles. The van der Waals surface area contributed by atoms with Gasteiger partial charge in [0.25, 0.3) is 10.0 Å². The first-order chi connectivity index (χ1) is 13.3. The summed E-state index contributed by atoms with van der Waals surface area (Å²) in [6, 6.07) is 16.2. The molecule has 0 aliphatic heterocycles. The molecule has 5 nitrogen and oxygen atoms in total. The first-order valence-electron chi connectivity index (χ1n) is 7.81. The van der Waals surface area contributed by atoms with Crippen molar-refractivity contribution < 1.29 is 13.2 Å². The van der Waals surface area contributed by atoms with Gasteiger partial charge < -0.3 is 0 Å². The molecule has 142 valence electrons. The van der Waals surface area contributed by atoms with Crippen molar-refractivity contribution in [1.82, 2.24) is 0 Å². The van der Waals surface area contributed by atoms with Crippen molar-refractivity contribution in [2.75, 3.05) is 0 Å². The highest BCUT2D eigenvalue weighted by molar-refractivity contribution is 7.90. The number of rotatable bonds is 3. The van der Waals surface area contributed by atoms with E-state index >= 15 is 0 Å². The zero-order chi connectivity index (χ0) is 20.3. The predicted octanol–water partition coefficient (Wildman–Crippen LogP) is 4.66. The summed E-state index contributed by atoms with van der Waals surface area (Å²) in [5.41, 5.74) is 0.457. The maximum Gasteiger partial charge on any atom is 0.284 e. The minimum atomic E-state index is -4.05. The molecule has 0 atom stereocenters. The van der Waals surface area contributed by atoms with Crippen LogP contribution in [0.3, 0.4) is 0 Å². The standard InChI is InChI=1S/C19H11Cl3N2O3S/c20-14-11-15(16(21)17(22)18(14)25)23-19(12-7-3-1-4-8-12)24-28(26,27)13-9-5-2-6-10-13/h1-11H. The molecule has 0 saturated heterocycles. The van der Waals surface area contributed by atoms with Crippen LogP contribution >= 0.6 is 34.8 Å². The second-order valence-corrected chi connectivity index (χ2v) is 8.28. The lowest BCUT2D eigenvalue weighted by Crippen LogP contribution is -2.14. The van der Waals surface area contributed by atoms with Gasteiger partial charge in [-0.25, -0.2) is 4.99 Å². The second kappa shape index (κ2) is 8.41. The Morgan fingerprint density at radius 3 is 2.00 bits per heavy atom. The van der Waals surface area contributed by atoms with E-state index in [2.05, 4.69) is 9.39 Å². The van der Waals surface area contributed by atoms with Gasteiger partial charge in [0.2, 0.25) is 5.78 Å². The van der Waals surface area contributed by atoms with E-state index in [0.29, 0.717) is 5.56 Å². The van der Waals surface area contributed by atoms with Gasteiger partial charge in [0.1, 0.15) is 5.03 Å². The lowest BCUT2D eigenvalue weighted by Gasteiger charge is -2.11. The normalized spacial score (nSPS) is 17.1. The number of carbonyl (C=O) groups is 1. The molecule has 0 aromatic heterocycles. The summed E-state index contributed by atoms with van der Waals surface area (Å²) in [6.07, 6.45) is 1.21. The number of Topliss-reactive ketones (excluding diaryl/α,β-unsaturated/α-hetero) is 1. The number of nitrogens with zero attached hydrogens (tertiary/aromatic N) is 2. The van der Waals surface area contributed by atoms with E-state index in [0.717, 1.165) is 0 Å². The number of amidine groups is 1. The summed E-state index contributed by atoms with van der Waals surface area (Å²) < 4.78 is 29.3. The van der Waals surface area contributed by atoms with Gasteiger partial charge in [0.05, 0.1) is 20.7 Å². The Morgan fingerprint density at radius 2 is 1.39 bits per heavy atom. The third-order valence-electron chi connectivity index (χ3n) is 3.60. The van der Waals surface area contributed by atoms with Crippen LogP contribution in [0.15, 0.2) is 96.1 Å². The van der Waals surface area contributed by atoms with Crippen molar-refractivity contribution in [1.29, 1.82) is 0 Å². The molecule has 0 spiro atoms. The largest absolute Gasteiger partial charge is 0.287 e. The Kier molecular flexibility index (Phi) is 6.15. The van der Waals surface area contributed by atoms with Gasteiger partial charge in [-0.15, -0.1) is 4.40 Å². The molecule has 0 amide bonds. The van der Waals surface area contributed by atoms with E-state index in [-0.39, 0.29) is 31.5 Å². The van der Waals surface area contributed by atoms with Crippen LogP contribution in [0.2, 0.25) is 0 Å². The first kappa shape index (κ1) is 20.5. The van der Waals surface area contributed by atoms with Gasteiger partial charge in [-0.3, -0.25) is 4.79 Å². The maximum atomic E-state index is 12.7. The first-order valence-corrected chi connectivity index (χ1v) is 10.4. The zero-order valence-electron chi connectivity index (χ0n) is 14.0. The molecule has 0 N–H and O–H groups in total. The van der Waals surface area contributed by atoms with E-state index in [9.17, 15) is 13.2 Å². The van der Waals surface area contributed by atoms with Gasteiger partial charge in [0.15, 0.2) is 5.84 Å². The Labute approximate surface area is 176 Å². The van der Waals surface area contributed by atoms with Gasteiger partial charge >= 0.3 is 0 Å². The molecule has 0 unspecified atom stereocenters. The van der Waals surface area contributed by atoms with E-state index < -0.39 is 15.8 Å². The van der Waals surface area contributed by atoms with E-state index in [1.165, 1.54) is 18.2 Å². The third kappa shape index (κ3) is 4.42. The number of allylic oxidation sites excluding steroid dienone is 4. The van der Waals surface area contributed by atoms with Crippen LogP contribution in [-0.4, -0.2) is 25.7 Å². The monoisotopic (exact) mass is 452 g/mol. The van der Waals surface area contributed by atoms with Crippen LogP contribution in [0.5, 0.6) is 0 Å². The molecule has 1 aliphatic rings. The molecule has 9 heteroatoms. The lowest BCUT2D eigenvalue weighted by molar-refractivity contribution is -0.111. The molecule has 0 saturated carbocycles. The van der Waals surface area contributed by atoms with Crippen molar-refractivity contribution in [2.45, 2.75) is 4.90 Å². The number of ketones is 1. The van der Waals surface area contributed by atoms with Crippen LogP contribution < -0.4 is 0 Å². The Balaban J connectivity index is 2.19. The van der Waals surface area contributed by atoms with Crippen LogP contribution in [0, 0.1) is 0 Å². The summed E-state index contributed by atoms with van der Waals surface area (Å²) in [7, 11) is -4.05. The number of halogens is 3. The molecule has 2 aromatic rings. The molecule has 0 fully saturated rings. The highest BCUT2D eigenvalue weighted by Crippen LogP contribution is 2.28. The molecular weight excluding hydrogens is 443 g/mol. The number of aliphatic imine (C=N–C) groups is 1. The Hall–Kier alpha value is -2.25. The highest BCUT2D eigenvalue weighted by Gasteiger charge is 2.25. The average molecular weight is 454 g/mol. The molecule has 28 heavy (non-hydrogen) atoms. The third-order valence-corrected chi connectivity index (χ3v) is 6.01. The topological polar surface area (TPSA) is 75.9 Å². The van der Waals surface area contributed by atoms with Crippen molar-refractivity contribution in [3.63, 3.8) is 0 Å². The number of benzene rings is 2. The number of hydrogen-bond acceptors (Lipinski definition) is 3. The van der Waals surface area contributed by atoms with Gasteiger partial charge in [-0.1, -0.05) is 83.3 Å². The van der Waals surface area contributed by atoms with Crippen molar-refractivity contribution in [3.8, 4) is 0 Å². The number of carbonyl (C=O) groups excluding carboxylic acids is 1. The summed E-state index contributed by atoms with van der Waals surface area (Å²) in [5.74, 6) is -0.764. The maximum absolute atomic E-state index is 12.7. The van der Waals surface area contributed by atoms with E-state index in [1.807, 2.05) is 0 Å². The molecular formula is C19H11Cl3N2O3S. The number of sulfonamides is 1. The van der Waals surface area contributed by atoms with Crippen LogP contribution in [-0.2, 0) is 14.8 Å². The minimum Gasteiger partial charge on any atom is -0.287 e. The summed E-state index contributed by atoms with van der Waals surface area (Å²) >= 11 is 17.9. The van der Waals surface area contributed by atoms with Crippen molar-refractivity contribution in [2.24, 2.45) is 9.39 Å². The smallest absolute Gasteiger partial charge is 0.284 e. The molecule has 0 bridgehead atoms. The predicted molar refractivity (Wildman–Crippen MR) is 112 cm³/mol. The van der Waals surface area contributed by atoms with Crippen LogP contribution in [0.4, 0.5) is 0 Å². The van der Waals surface area contributed by atoms with Gasteiger partial charge in [-0.2, -0.15) is 8.42 Å². The molecule has 3 rings (SSSR count). The van der Waals surface area contributed by atoms with E-state index in [1.54, 1.807) is 48.5 Å². The average Bonchev–Trinajstić information content (AvgIpc) is 2.71. The highest BCUT2D eigenvalue weighted by atomic mass is 35.5. The minimum absolute atomic E-state index is 0.00991. The van der Waals surface area contributed by atoms with Gasteiger partial charge in [0, 0.05) is 5.56 Å². The fourth-order valence-electron chi connectivity index (χ4n) is 2.25. The zero-order valence-corrected chi connectivity index (χ0v) is 17.1. The summed E-state index contributed by atoms with van der Waals surface area (Å²) in [5, 5.41) is -0.630. The fourth-order valence-corrected chi connectivity index (χ4v) is 3.85. The second-order valence-electron chi connectivity index (χ2n) is 5.52. The fraction of sp³-hybridized carbons (Fsp3) is 0. The Morgan fingerprint density at radius 1 is 0.821 bits per heavy atom. The molecule has 0 radical (unpaired) electrons. The lowest BCUT2D eigenvalue weighted by atomic mass is 10.1. The molecule has 1 aliphatic carbocycles. The quantitative estimate of drug-likeness (QED) is 0.385. The van der Waals surface area contributed by atoms with Gasteiger partial charge in [-0.05, 0) is 18.2 Å². The van der Waals surface area contributed by atoms with Crippen LogP contribution in [0.25, 0.3) is 0 Å². The van der Waals surface area contributed by atoms with Crippen molar-refractivity contribution in [3.05, 3.63) is 87.4 Å². The molecule has 0 heterocycles. The summed E-state index contributed by atoms with van der Waals surface area (Å²) in [6.45, 7) is 0. The van der Waals surface area contributed by atoms with E-state index in [4.69, 9.17) is 34.8 Å².